The van der Waals surface area contributed by atoms with Gasteiger partial charge in [0.1, 0.15) is 0 Å². The maximum absolute atomic E-state index is 11.8. The Kier molecular flexibility index (Phi) is 7.51. The lowest BCUT2D eigenvalue weighted by atomic mass is 10.1. The zero-order valence-electron chi connectivity index (χ0n) is 13.3. The van der Waals surface area contributed by atoms with Crippen molar-refractivity contribution < 1.29 is 9.59 Å². The van der Waals surface area contributed by atoms with E-state index in [1.807, 2.05) is 24.3 Å². The van der Waals surface area contributed by atoms with Gasteiger partial charge in [-0.15, -0.1) is 0 Å². The molecule has 116 valence electrons. The Bertz CT molecular complexity index is 454. The summed E-state index contributed by atoms with van der Waals surface area (Å²) in [6, 6.07) is 7.98. The van der Waals surface area contributed by atoms with Gasteiger partial charge in [-0.1, -0.05) is 32.4 Å². The van der Waals surface area contributed by atoms with E-state index < -0.39 is 0 Å². The summed E-state index contributed by atoms with van der Waals surface area (Å²) >= 11 is 0. The Morgan fingerprint density at radius 3 is 2.33 bits per heavy atom. The Morgan fingerprint density at radius 2 is 1.81 bits per heavy atom. The molecule has 21 heavy (non-hydrogen) atoms. The van der Waals surface area contributed by atoms with Crippen molar-refractivity contribution in [2.45, 2.75) is 46.5 Å². The van der Waals surface area contributed by atoms with Gasteiger partial charge in [-0.2, -0.15) is 0 Å². The highest BCUT2D eigenvalue weighted by Gasteiger charge is 2.11. The smallest absolute Gasteiger partial charge is 0.223 e. The van der Waals surface area contributed by atoms with E-state index in [9.17, 15) is 9.59 Å². The third-order valence-electron chi connectivity index (χ3n) is 3.45. The number of hydrogen-bond donors (Lipinski definition) is 1. The van der Waals surface area contributed by atoms with E-state index in [0.29, 0.717) is 19.5 Å². The van der Waals surface area contributed by atoms with Crippen LogP contribution < -0.4 is 10.2 Å². The fourth-order valence-electron chi connectivity index (χ4n) is 2.11. The minimum Gasteiger partial charge on any atom is -0.354 e. The Balaban J connectivity index is 2.53. The SMILES string of the molecule is CCCCC(=O)NCCN(C(C)=O)c1ccc(CC)cc1. The number of nitrogens with one attached hydrogen (secondary N) is 1. The van der Waals surface area contributed by atoms with E-state index in [0.717, 1.165) is 24.9 Å². The van der Waals surface area contributed by atoms with Crippen LogP contribution in [0.3, 0.4) is 0 Å². The highest BCUT2D eigenvalue weighted by Crippen LogP contribution is 2.15. The summed E-state index contributed by atoms with van der Waals surface area (Å²) in [4.78, 5) is 25.0. The molecule has 1 rings (SSSR count). The molecule has 0 atom stereocenters. The minimum absolute atomic E-state index is 0.0120. The van der Waals surface area contributed by atoms with Crippen LogP contribution in [-0.4, -0.2) is 24.9 Å². The second kappa shape index (κ2) is 9.16. The molecule has 1 aromatic rings. The largest absolute Gasteiger partial charge is 0.354 e. The zero-order valence-corrected chi connectivity index (χ0v) is 13.3. The lowest BCUT2D eigenvalue weighted by Gasteiger charge is -2.21. The van der Waals surface area contributed by atoms with Gasteiger partial charge in [0.2, 0.25) is 11.8 Å². The van der Waals surface area contributed by atoms with Gasteiger partial charge in [0.25, 0.3) is 0 Å². The summed E-state index contributed by atoms with van der Waals surface area (Å²) in [5.41, 5.74) is 2.12. The van der Waals surface area contributed by atoms with Crippen LogP contribution in [0.25, 0.3) is 0 Å². The van der Waals surface area contributed by atoms with Crippen molar-refractivity contribution in [2.24, 2.45) is 0 Å². The van der Waals surface area contributed by atoms with Crippen LogP contribution in [0.15, 0.2) is 24.3 Å². The van der Waals surface area contributed by atoms with Gasteiger partial charge in [0, 0.05) is 32.1 Å². The predicted octanol–water partition coefficient (Wildman–Crippen LogP) is 2.91. The van der Waals surface area contributed by atoms with E-state index >= 15 is 0 Å². The maximum atomic E-state index is 11.8. The third kappa shape index (κ3) is 5.98. The zero-order chi connectivity index (χ0) is 15.7. The third-order valence-corrected chi connectivity index (χ3v) is 3.45. The summed E-state index contributed by atoms with van der Waals surface area (Å²) in [6.45, 7) is 6.69. The van der Waals surface area contributed by atoms with E-state index in [2.05, 4.69) is 19.2 Å². The monoisotopic (exact) mass is 290 g/mol. The van der Waals surface area contributed by atoms with Crippen molar-refractivity contribution in [3.8, 4) is 0 Å². The molecule has 0 aliphatic rings. The normalized spacial score (nSPS) is 10.2. The molecule has 0 aliphatic heterocycles. The van der Waals surface area contributed by atoms with Crippen LogP contribution in [-0.2, 0) is 16.0 Å². The first-order valence-corrected chi connectivity index (χ1v) is 7.72. The van der Waals surface area contributed by atoms with Crippen LogP contribution >= 0.6 is 0 Å². The van der Waals surface area contributed by atoms with Crippen molar-refractivity contribution in [1.82, 2.24) is 5.32 Å². The fourth-order valence-corrected chi connectivity index (χ4v) is 2.11. The van der Waals surface area contributed by atoms with Crippen LogP contribution in [0.4, 0.5) is 5.69 Å². The van der Waals surface area contributed by atoms with Gasteiger partial charge < -0.3 is 10.2 Å². The molecular formula is C17H26N2O2. The van der Waals surface area contributed by atoms with Gasteiger partial charge >= 0.3 is 0 Å². The average molecular weight is 290 g/mol. The van der Waals surface area contributed by atoms with E-state index in [-0.39, 0.29) is 11.8 Å². The Morgan fingerprint density at radius 1 is 1.14 bits per heavy atom. The molecule has 0 spiro atoms. The van der Waals surface area contributed by atoms with Crippen molar-refractivity contribution in [2.75, 3.05) is 18.0 Å². The van der Waals surface area contributed by atoms with Crippen molar-refractivity contribution >= 4 is 17.5 Å². The lowest BCUT2D eigenvalue weighted by Crippen LogP contribution is -2.37. The van der Waals surface area contributed by atoms with E-state index in [4.69, 9.17) is 0 Å². The predicted molar refractivity (Wildman–Crippen MR) is 86.4 cm³/mol. The number of carbonyl (C=O) groups excluding carboxylic acids is 2. The highest BCUT2D eigenvalue weighted by atomic mass is 16.2. The number of hydrogen-bond acceptors (Lipinski definition) is 2. The van der Waals surface area contributed by atoms with E-state index in [1.54, 1.807) is 11.8 Å². The minimum atomic E-state index is -0.0120. The van der Waals surface area contributed by atoms with Crippen LogP contribution in [0.2, 0.25) is 0 Å². The highest BCUT2D eigenvalue weighted by molar-refractivity contribution is 5.91. The molecular weight excluding hydrogens is 264 g/mol. The summed E-state index contributed by atoms with van der Waals surface area (Å²) in [5.74, 6) is 0.0451. The molecule has 1 aromatic carbocycles. The van der Waals surface area contributed by atoms with Gasteiger partial charge in [-0.25, -0.2) is 0 Å². The fraction of sp³-hybridized carbons (Fsp3) is 0.529. The van der Waals surface area contributed by atoms with E-state index in [1.165, 1.54) is 5.56 Å². The number of amides is 2. The molecule has 0 saturated heterocycles. The summed E-state index contributed by atoms with van der Waals surface area (Å²) < 4.78 is 0. The van der Waals surface area contributed by atoms with Crippen molar-refractivity contribution in [3.63, 3.8) is 0 Å². The first kappa shape index (κ1) is 17.2. The number of rotatable bonds is 8. The molecule has 1 N–H and O–H groups in total. The molecule has 0 heterocycles. The molecule has 0 aromatic heterocycles. The molecule has 0 bridgehead atoms. The van der Waals surface area contributed by atoms with Crippen molar-refractivity contribution in [3.05, 3.63) is 29.8 Å². The summed E-state index contributed by atoms with van der Waals surface area (Å²) in [6.07, 6.45) is 3.45. The number of carbonyl (C=O) groups is 2. The van der Waals surface area contributed by atoms with Gasteiger partial charge in [-0.05, 0) is 30.5 Å². The molecule has 0 saturated carbocycles. The molecule has 0 fully saturated rings. The molecule has 4 nitrogen and oxygen atoms in total. The number of benzene rings is 1. The number of nitrogens with zero attached hydrogens (tertiary/aromatic N) is 1. The lowest BCUT2D eigenvalue weighted by molar-refractivity contribution is -0.121. The second-order valence-corrected chi connectivity index (χ2v) is 5.14. The number of aryl methyl sites for hydroxylation is 1. The molecule has 0 aliphatic carbocycles. The van der Waals surface area contributed by atoms with Crippen LogP contribution in [0.5, 0.6) is 0 Å². The average Bonchev–Trinajstić information content (AvgIpc) is 2.49. The molecule has 0 unspecified atom stereocenters. The number of anilines is 1. The summed E-state index contributed by atoms with van der Waals surface area (Å²) in [5, 5.41) is 2.86. The topological polar surface area (TPSA) is 49.4 Å². The van der Waals surface area contributed by atoms with Crippen LogP contribution in [0, 0.1) is 0 Å². The first-order valence-electron chi connectivity index (χ1n) is 7.72. The number of unbranched alkanes of at least 4 members (excludes halogenated alkanes) is 1. The molecule has 4 heteroatoms. The first-order chi connectivity index (χ1) is 10.1. The summed E-state index contributed by atoms with van der Waals surface area (Å²) in [7, 11) is 0. The van der Waals surface area contributed by atoms with Crippen molar-refractivity contribution in [1.29, 1.82) is 0 Å². The van der Waals surface area contributed by atoms with Gasteiger partial charge in [-0.3, -0.25) is 9.59 Å². The maximum Gasteiger partial charge on any atom is 0.223 e. The van der Waals surface area contributed by atoms with Gasteiger partial charge in [0.15, 0.2) is 0 Å². The Labute approximate surface area is 127 Å². The second-order valence-electron chi connectivity index (χ2n) is 5.14. The standard InChI is InChI=1S/C17H26N2O2/c1-4-6-7-17(21)18-12-13-19(14(3)20)16-10-8-15(5-2)9-11-16/h8-11H,4-7,12-13H2,1-3H3,(H,18,21). The Hall–Kier alpha value is -1.84. The van der Waals surface area contributed by atoms with Gasteiger partial charge in [0.05, 0.1) is 0 Å². The molecule has 0 radical (unpaired) electrons. The quantitative estimate of drug-likeness (QED) is 0.800. The van der Waals surface area contributed by atoms with Crippen LogP contribution in [0.1, 0.15) is 45.6 Å². The molecule has 2 amide bonds.